The van der Waals surface area contributed by atoms with Crippen LogP contribution in [0.4, 0.5) is 0 Å². The Kier molecular flexibility index (Phi) is 9.13. The van der Waals surface area contributed by atoms with Crippen molar-refractivity contribution in [1.82, 2.24) is 20.0 Å². The van der Waals surface area contributed by atoms with E-state index in [1.807, 2.05) is 13.1 Å². The molecule has 1 unspecified atom stereocenters. The second kappa shape index (κ2) is 10.0. The number of hydrogen-bond acceptors (Lipinski definition) is 4. The molecule has 23 heavy (non-hydrogen) atoms. The SMILES string of the molecule is CN=C(NCC1CN(C)CCN1C)N(C)Cc1ccc(Cl)s1.I. The van der Waals surface area contributed by atoms with E-state index in [2.05, 4.69) is 52.2 Å². The molecule has 1 aliphatic heterocycles. The molecule has 5 nitrogen and oxygen atoms in total. The zero-order valence-electron chi connectivity index (χ0n) is 14.3. The summed E-state index contributed by atoms with van der Waals surface area (Å²) in [5.41, 5.74) is 0. The van der Waals surface area contributed by atoms with Crippen LogP contribution in [0.3, 0.4) is 0 Å². The van der Waals surface area contributed by atoms with Gasteiger partial charge in [-0.1, -0.05) is 11.6 Å². The number of likely N-dealkylation sites (N-methyl/N-ethyl adjacent to an activating group) is 2. The Bertz CT molecular complexity index is 510. The topological polar surface area (TPSA) is 34.1 Å². The lowest BCUT2D eigenvalue weighted by molar-refractivity contribution is 0.116. The van der Waals surface area contributed by atoms with Gasteiger partial charge in [-0.05, 0) is 26.2 Å². The summed E-state index contributed by atoms with van der Waals surface area (Å²) >= 11 is 7.61. The van der Waals surface area contributed by atoms with Gasteiger partial charge >= 0.3 is 0 Å². The number of nitrogens with zero attached hydrogens (tertiary/aromatic N) is 4. The number of rotatable bonds is 4. The Morgan fingerprint density at radius 1 is 1.43 bits per heavy atom. The molecule has 1 N–H and O–H groups in total. The number of hydrogen-bond donors (Lipinski definition) is 1. The number of piperazine rings is 1. The van der Waals surface area contributed by atoms with Crippen LogP contribution in [0, 0.1) is 0 Å². The largest absolute Gasteiger partial charge is 0.355 e. The zero-order valence-corrected chi connectivity index (χ0v) is 18.2. The minimum absolute atomic E-state index is 0. The highest BCUT2D eigenvalue weighted by atomic mass is 127. The third kappa shape index (κ3) is 6.38. The maximum Gasteiger partial charge on any atom is 0.193 e. The van der Waals surface area contributed by atoms with Crippen LogP contribution < -0.4 is 5.32 Å². The van der Waals surface area contributed by atoms with Gasteiger partial charge in [0.2, 0.25) is 0 Å². The van der Waals surface area contributed by atoms with Crippen molar-refractivity contribution in [2.45, 2.75) is 12.6 Å². The van der Waals surface area contributed by atoms with Crippen LogP contribution in [-0.4, -0.2) is 81.1 Å². The molecule has 1 aromatic rings. The number of thiophene rings is 1. The van der Waals surface area contributed by atoms with E-state index in [1.165, 1.54) is 4.88 Å². The van der Waals surface area contributed by atoms with Gasteiger partial charge < -0.3 is 15.1 Å². The molecule has 0 amide bonds. The van der Waals surface area contributed by atoms with E-state index in [9.17, 15) is 0 Å². The first kappa shape index (κ1) is 21.0. The van der Waals surface area contributed by atoms with Crippen molar-refractivity contribution in [1.29, 1.82) is 0 Å². The van der Waals surface area contributed by atoms with Gasteiger partial charge in [0.1, 0.15) is 0 Å². The van der Waals surface area contributed by atoms with E-state index < -0.39 is 0 Å². The Balaban J connectivity index is 0.00000264. The molecule has 0 spiro atoms. The summed E-state index contributed by atoms with van der Waals surface area (Å²) in [5.74, 6) is 0.922. The van der Waals surface area contributed by atoms with Crippen molar-refractivity contribution in [3.8, 4) is 0 Å². The van der Waals surface area contributed by atoms with Crippen molar-refractivity contribution < 1.29 is 0 Å². The molecule has 0 aliphatic carbocycles. The molecule has 2 rings (SSSR count). The molecule has 0 bridgehead atoms. The molecule has 0 radical (unpaired) electrons. The first-order valence-corrected chi connectivity index (χ1v) is 8.74. The van der Waals surface area contributed by atoms with Crippen molar-refractivity contribution in [2.24, 2.45) is 4.99 Å². The highest BCUT2D eigenvalue weighted by Crippen LogP contribution is 2.22. The van der Waals surface area contributed by atoms with Crippen molar-refractivity contribution in [3.05, 3.63) is 21.3 Å². The molecule has 1 saturated heterocycles. The number of nitrogens with one attached hydrogen (secondary N) is 1. The van der Waals surface area contributed by atoms with Gasteiger partial charge in [-0.2, -0.15) is 0 Å². The molecular formula is C15H27ClIN5S. The third-order valence-corrected chi connectivity index (χ3v) is 5.29. The van der Waals surface area contributed by atoms with Gasteiger partial charge in [0.25, 0.3) is 0 Å². The average Bonchev–Trinajstić information content (AvgIpc) is 2.88. The Morgan fingerprint density at radius 2 is 2.17 bits per heavy atom. The fourth-order valence-corrected chi connectivity index (χ4v) is 3.80. The maximum atomic E-state index is 5.99. The van der Waals surface area contributed by atoms with Crippen LogP contribution >= 0.6 is 46.9 Å². The highest BCUT2D eigenvalue weighted by molar-refractivity contribution is 14.0. The number of guanidine groups is 1. The van der Waals surface area contributed by atoms with Crippen molar-refractivity contribution >= 4 is 52.9 Å². The minimum atomic E-state index is 0. The highest BCUT2D eigenvalue weighted by Gasteiger charge is 2.22. The molecular weight excluding hydrogens is 445 g/mol. The quantitative estimate of drug-likeness (QED) is 0.415. The Labute approximate surface area is 165 Å². The second-order valence-electron chi connectivity index (χ2n) is 5.89. The normalized spacial score (nSPS) is 20.2. The summed E-state index contributed by atoms with van der Waals surface area (Å²) in [6.45, 7) is 5.07. The average molecular weight is 472 g/mol. The molecule has 1 aliphatic rings. The third-order valence-electron chi connectivity index (χ3n) is 4.07. The molecule has 1 aromatic heterocycles. The summed E-state index contributed by atoms with van der Waals surface area (Å²) in [5, 5.41) is 3.50. The molecule has 0 saturated carbocycles. The minimum Gasteiger partial charge on any atom is -0.355 e. The van der Waals surface area contributed by atoms with Crippen molar-refractivity contribution in [2.75, 3.05) is 54.4 Å². The molecule has 132 valence electrons. The summed E-state index contributed by atoms with van der Waals surface area (Å²) in [6, 6.07) is 4.53. The van der Waals surface area contributed by atoms with Gasteiger partial charge in [-0.15, -0.1) is 35.3 Å². The van der Waals surface area contributed by atoms with Crippen LogP contribution in [0.1, 0.15) is 4.88 Å². The van der Waals surface area contributed by atoms with E-state index >= 15 is 0 Å². The van der Waals surface area contributed by atoms with Crippen LogP contribution in [0.2, 0.25) is 4.34 Å². The van der Waals surface area contributed by atoms with E-state index in [0.717, 1.165) is 43.0 Å². The van der Waals surface area contributed by atoms with Gasteiger partial charge in [0, 0.05) is 51.2 Å². The molecule has 8 heteroatoms. The Morgan fingerprint density at radius 3 is 2.78 bits per heavy atom. The predicted molar refractivity (Wildman–Crippen MR) is 111 cm³/mol. The smallest absolute Gasteiger partial charge is 0.193 e. The van der Waals surface area contributed by atoms with Crippen LogP contribution in [0.25, 0.3) is 0 Å². The molecule has 2 heterocycles. The number of halogens is 2. The summed E-state index contributed by atoms with van der Waals surface area (Å²) in [4.78, 5) is 12.6. The predicted octanol–water partition coefficient (Wildman–Crippen LogP) is 2.27. The van der Waals surface area contributed by atoms with E-state index in [0.29, 0.717) is 6.04 Å². The van der Waals surface area contributed by atoms with Crippen LogP contribution in [0.5, 0.6) is 0 Å². The lowest BCUT2D eigenvalue weighted by atomic mass is 10.2. The summed E-state index contributed by atoms with van der Waals surface area (Å²) < 4.78 is 0.832. The fraction of sp³-hybridized carbons (Fsp3) is 0.667. The first-order valence-electron chi connectivity index (χ1n) is 7.54. The molecule has 1 fully saturated rings. The van der Waals surface area contributed by atoms with Gasteiger partial charge in [0.15, 0.2) is 5.96 Å². The lowest BCUT2D eigenvalue weighted by Gasteiger charge is -2.38. The van der Waals surface area contributed by atoms with Crippen molar-refractivity contribution in [3.63, 3.8) is 0 Å². The van der Waals surface area contributed by atoms with Crippen LogP contribution in [0.15, 0.2) is 17.1 Å². The number of aliphatic imine (C=N–C) groups is 1. The van der Waals surface area contributed by atoms with Gasteiger partial charge in [0.05, 0.1) is 10.9 Å². The first-order chi connectivity index (χ1) is 10.5. The zero-order chi connectivity index (χ0) is 16.1. The molecule has 0 aromatic carbocycles. The van der Waals surface area contributed by atoms with Gasteiger partial charge in [-0.25, -0.2) is 0 Å². The summed E-state index contributed by atoms with van der Waals surface area (Å²) in [7, 11) is 8.26. The Hall–Kier alpha value is -0.0900. The molecule has 1 atom stereocenters. The second-order valence-corrected chi connectivity index (χ2v) is 7.69. The van der Waals surface area contributed by atoms with Crippen LogP contribution in [-0.2, 0) is 6.54 Å². The van der Waals surface area contributed by atoms with Gasteiger partial charge in [-0.3, -0.25) is 9.89 Å². The maximum absolute atomic E-state index is 5.99. The van der Waals surface area contributed by atoms with E-state index in [-0.39, 0.29) is 24.0 Å². The monoisotopic (exact) mass is 471 g/mol. The lowest BCUT2D eigenvalue weighted by Crippen LogP contribution is -2.55. The summed E-state index contributed by atoms with van der Waals surface area (Å²) in [6.07, 6.45) is 0. The standard InChI is InChI=1S/C15H26ClN5S.HI/c1-17-15(21(4)11-13-5-6-14(16)22-13)18-9-12-10-19(2)7-8-20(12)3;/h5-6,12H,7-11H2,1-4H3,(H,17,18);1H. The fourth-order valence-electron chi connectivity index (χ4n) is 2.66. The van der Waals surface area contributed by atoms with E-state index in [1.54, 1.807) is 11.3 Å². The van der Waals surface area contributed by atoms with E-state index in [4.69, 9.17) is 11.6 Å².